The summed E-state index contributed by atoms with van der Waals surface area (Å²) in [6.07, 6.45) is 0. The van der Waals surface area contributed by atoms with Crippen LogP contribution in [0.4, 0.5) is 4.39 Å². The summed E-state index contributed by atoms with van der Waals surface area (Å²) in [5.41, 5.74) is 2.62. The van der Waals surface area contributed by atoms with Gasteiger partial charge < -0.3 is 9.80 Å². The maximum Gasteiger partial charge on any atom is 0.127 e. The van der Waals surface area contributed by atoms with Gasteiger partial charge >= 0.3 is 0 Å². The third-order valence-corrected chi connectivity index (χ3v) is 4.87. The molecule has 2 N–H and O–H groups in total. The van der Waals surface area contributed by atoms with Gasteiger partial charge in [0.05, 0.1) is 0 Å². The Morgan fingerprint density at radius 2 is 1.41 bits per heavy atom. The predicted octanol–water partition coefficient (Wildman–Crippen LogP) is 1.07. The van der Waals surface area contributed by atoms with Crippen LogP contribution in [0.1, 0.15) is 11.1 Å². The average Bonchev–Trinajstić information content (AvgIpc) is 2.52. The van der Waals surface area contributed by atoms with Gasteiger partial charge in [-0.1, -0.05) is 40.2 Å². The third-order valence-electron chi connectivity index (χ3n) is 4.37. The Morgan fingerprint density at radius 3 is 2.00 bits per heavy atom. The zero-order valence-corrected chi connectivity index (χ0v) is 14.2. The Labute approximate surface area is 139 Å². The summed E-state index contributed by atoms with van der Waals surface area (Å²) in [6.45, 7) is 6.86. The fourth-order valence-corrected chi connectivity index (χ4v) is 3.58. The zero-order valence-electron chi connectivity index (χ0n) is 12.6. The number of quaternary nitrogens is 2. The van der Waals surface area contributed by atoms with Crippen molar-refractivity contribution in [2.75, 3.05) is 26.2 Å². The normalized spacial score (nSPS) is 21.7. The Bertz CT molecular complexity index is 607. The maximum absolute atomic E-state index is 12.9. The molecule has 0 saturated carbocycles. The molecule has 0 amide bonds. The second kappa shape index (κ2) is 7.36. The maximum atomic E-state index is 12.9. The molecular weight excluding hydrogens is 343 g/mol. The molecule has 2 aromatic rings. The highest BCUT2D eigenvalue weighted by Crippen LogP contribution is 2.10. The number of rotatable bonds is 4. The van der Waals surface area contributed by atoms with Gasteiger partial charge in [-0.3, -0.25) is 0 Å². The minimum Gasteiger partial charge on any atom is -0.322 e. The molecule has 2 nitrogen and oxygen atoms in total. The number of hydrogen-bond donors (Lipinski definition) is 2. The average molecular weight is 365 g/mol. The Balaban J connectivity index is 1.49. The van der Waals surface area contributed by atoms with Crippen LogP contribution < -0.4 is 9.80 Å². The van der Waals surface area contributed by atoms with Crippen LogP contribution in [-0.2, 0) is 13.1 Å². The summed E-state index contributed by atoms with van der Waals surface area (Å²) < 4.78 is 14.1. The molecule has 0 atom stereocenters. The summed E-state index contributed by atoms with van der Waals surface area (Å²) in [7, 11) is 0. The van der Waals surface area contributed by atoms with Crippen LogP contribution >= 0.6 is 15.9 Å². The molecule has 1 heterocycles. The molecule has 3 rings (SSSR count). The Hall–Kier alpha value is -1.23. The fraction of sp³-hybridized carbons (Fsp3) is 0.333. The van der Waals surface area contributed by atoms with Gasteiger partial charge in [-0.25, -0.2) is 4.39 Å². The number of benzene rings is 2. The standard InChI is InChI=1S/C18H20BrFN2/c19-17-3-1-2-16(12-17)14-22-10-8-21(9-11-22)13-15-4-6-18(20)7-5-15/h1-7,12H,8-11,13-14H2/p+2. The van der Waals surface area contributed by atoms with Crippen LogP contribution in [0.3, 0.4) is 0 Å². The van der Waals surface area contributed by atoms with E-state index < -0.39 is 0 Å². The molecular formula is C18H22BrFN2+2. The first-order valence-electron chi connectivity index (χ1n) is 7.85. The van der Waals surface area contributed by atoms with E-state index in [1.807, 2.05) is 12.1 Å². The summed E-state index contributed by atoms with van der Waals surface area (Å²) in [6, 6.07) is 15.5. The van der Waals surface area contributed by atoms with Gasteiger partial charge in [0.1, 0.15) is 45.1 Å². The van der Waals surface area contributed by atoms with Gasteiger partial charge in [0, 0.05) is 15.6 Å². The van der Waals surface area contributed by atoms with Crippen LogP contribution in [0, 0.1) is 5.82 Å². The minimum absolute atomic E-state index is 0.151. The predicted molar refractivity (Wildman–Crippen MR) is 89.3 cm³/mol. The topological polar surface area (TPSA) is 8.88 Å². The molecule has 1 saturated heterocycles. The largest absolute Gasteiger partial charge is 0.322 e. The van der Waals surface area contributed by atoms with Crippen LogP contribution in [0.5, 0.6) is 0 Å². The SMILES string of the molecule is Fc1ccc(C[NH+]2CC[NH+](Cc3cccc(Br)c3)CC2)cc1. The van der Waals surface area contributed by atoms with E-state index in [2.05, 4.69) is 40.2 Å². The summed E-state index contributed by atoms with van der Waals surface area (Å²) >= 11 is 3.54. The highest BCUT2D eigenvalue weighted by Gasteiger charge is 2.23. The van der Waals surface area contributed by atoms with Crippen LogP contribution in [-0.4, -0.2) is 26.2 Å². The summed E-state index contributed by atoms with van der Waals surface area (Å²) in [5, 5.41) is 0. The molecule has 0 unspecified atom stereocenters. The second-order valence-electron chi connectivity index (χ2n) is 6.11. The molecule has 0 radical (unpaired) electrons. The van der Waals surface area contributed by atoms with Crippen molar-refractivity contribution in [2.45, 2.75) is 13.1 Å². The highest BCUT2D eigenvalue weighted by molar-refractivity contribution is 9.10. The first-order chi connectivity index (χ1) is 10.7. The molecule has 2 aromatic carbocycles. The lowest BCUT2D eigenvalue weighted by Gasteiger charge is -2.29. The lowest BCUT2D eigenvalue weighted by molar-refractivity contribution is -1.02. The smallest absolute Gasteiger partial charge is 0.127 e. The van der Waals surface area contributed by atoms with Gasteiger partial charge in [-0.2, -0.15) is 0 Å². The molecule has 1 aliphatic rings. The van der Waals surface area contributed by atoms with Gasteiger partial charge in [0.15, 0.2) is 0 Å². The quantitative estimate of drug-likeness (QED) is 0.802. The molecule has 0 bridgehead atoms. The Kier molecular flexibility index (Phi) is 5.24. The molecule has 1 aliphatic heterocycles. The van der Waals surface area contributed by atoms with Crippen molar-refractivity contribution >= 4 is 15.9 Å². The van der Waals surface area contributed by atoms with Crippen molar-refractivity contribution in [2.24, 2.45) is 0 Å². The minimum atomic E-state index is -0.151. The van der Waals surface area contributed by atoms with Gasteiger partial charge in [0.2, 0.25) is 0 Å². The van der Waals surface area contributed by atoms with Crippen LogP contribution in [0.15, 0.2) is 53.0 Å². The van der Waals surface area contributed by atoms with Gasteiger partial charge in [-0.15, -0.1) is 0 Å². The van der Waals surface area contributed by atoms with Crippen molar-refractivity contribution in [1.82, 2.24) is 0 Å². The van der Waals surface area contributed by atoms with E-state index in [0.717, 1.165) is 17.6 Å². The van der Waals surface area contributed by atoms with E-state index in [1.54, 1.807) is 21.9 Å². The van der Waals surface area contributed by atoms with Crippen molar-refractivity contribution < 1.29 is 14.2 Å². The molecule has 0 aromatic heterocycles. The Morgan fingerprint density at radius 1 is 0.818 bits per heavy atom. The van der Waals surface area contributed by atoms with E-state index in [-0.39, 0.29) is 5.82 Å². The van der Waals surface area contributed by atoms with Crippen LogP contribution in [0.25, 0.3) is 0 Å². The first kappa shape index (κ1) is 15.7. The third kappa shape index (κ3) is 4.38. The molecule has 1 fully saturated rings. The zero-order chi connectivity index (χ0) is 15.4. The van der Waals surface area contributed by atoms with Gasteiger partial charge in [0.25, 0.3) is 0 Å². The van der Waals surface area contributed by atoms with Crippen LogP contribution in [0.2, 0.25) is 0 Å². The van der Waals surface area contributed by atoms with Crippen molar-refractivity contribution in [3.05, 3.63) is 69.9 Å². The second-order valence-corrected chi connectivity index (χ2v) is 7.03. The van der Waals surface area contributed by atoms with E-state index in [1.165, 1.54) is 37.3 Å². The molecule has 116 valence electrons. The fourth-order valence-electron chi connectivity index (χ4n) is 3.14. The van der Waals surface area contributed by atoms with E-state index in [4.69, 9.17) is 0 Å². The van der Waals surface area contributed by atoms with Crippen molar-refractivity contribution in [3.8, 4) is 0 Å². The van der Waals surface area contributed by atoms with E-state index in [9.17, 15) is 4.39 Å². The molecule has 22 heavy (non-hydrogen) atoms. The molecule has 0 spiro atoms. The molecule has 4 heteroatoms. The first-order valence-corrected chi connectivity index (χ1v) is 8.64. The highest BCUT2D eigenvalue weighted by atomic mass is 79.9. The van der Waals surface area contributed by atoms with Crippen molar-refractivity contribution in [3.63, 3.8) is 0 Å². The lowest BCUT2D eigenvalue weighted by atomic mass is 10.1. The lowest BCUT2D eigenvalue weighted by Crippen LogP contribution is -3.27. The van der Waals surface area contributed by atoms with Crippen molar-refractivity contribution in [1.29, 1.82) is 0 Å². The summed E-state index contributed by atoms with van der Waals surface area (Å²) in [5.74, 6) is -0.151. The van der Waals surface area contributed by atoms with Gasteiger partial charge in [-0.05, 0) is 24.3 Å². The monoisotopic (exact) mass is 364 g/mol. The number of hydrogen-bond acceptors (Lipinski definition) is 0. The number of halogens is 2. The van der Waals surface area contributed by atoms with E-state index >= 15 is 0 Å². The number of piperazine rings is 1. The number of nitrogens with one attached hydrogen (secondary N) is 2. The van der Waals surface area contributed by atoms with E-state index in [0.29, 0.717) is 0 Å². The molecule has 0 aliphatic carbocycles. The summed E-state index contributed by atoms with van der Waals surface area (Å²) in [4.78, 5) is 3.26.